The molecule has 0 bridgehead atoms. The topological polar surface area (TPSA) is 158 Å². The number of halogens is 2. The fraction of sp³-hybridized carbons (Fsp3) is 0.421. The molecule has 0 saturated carbocycles. The Kier molecular flexibility index (Phi) is 8.17. The van der Waals surface area contributed by atoms with E-state index in [0.29, 0.717) is 41.3 Å². The van der Waals surface area contributed by atoms with E-state index in [0.717, 1.165) is 12.7 Å². The van der Waals surface area contributed by atoms with Crippen molar-refractivity contribution in [3.63, 3.8) is 0 Å². The molecule has 190 valence electrons. The van der Waals surface area contributed by atoms with Crippen LogP contribution in [-0.4, -0.2) is 55.3 Å². The summed E-state index contributed by atoms with van der Waals surface area (Å²) in [5, 5.41) is 8.90. The van der Waals surface area contributed by atoms with E-state index in [9.17, 15) is 9.13 Å². The Hall–Kier alpha value is -1.59. The number of benzene rings is 1. The molecule has 0 amide bonds. The first-order chi connectivity index (χ1) is 16.6. The summed E-state index contributed by atoms with van der Waals surface area (Å²) >= 11 is 12.4. The van der Waals surface area contributed by atoms with Gasteiger partial charge in [-0.3, -0.25) is 9.13 Å². The van der Waals surface area contributed by atoms with Crippen LogP contribution >= 0.6 is 38.4 Å². The van der Waals surface area contributed by atoms with E-state index >= 15 is 0 Å². The Balaban J connectivity index is 1.46. The first-order valence-electron chi connectivity index (χ1n) is 10.4. The van der Waals surface area contributed by atoms with Crippen LogP contribution < -0.4 is 5.32 Å². The molecule has 3 heterocycles. The zero-order valence-corrected chi connectivity index (χ0v) is 21.8. The molecule has 1 saturated heterocycles. The van der Waals surface area contributed by atoms with E-state index in [4.69, 9.17) is 46.8 Å². The van der Waals surface area contributed by atoms with Gasteiger partial charge in [0.2, 0.25) is 5.28 Å². The van der Waals surface area contributed by atoms with Gasteiger partial charge in [0.05, 0.1) is 24.3 Å². The molecule has 3 N–H and O–H groups in total. The number of fused-ring (bicyclic) bond motifs is 1. The highest BCUT2D eigenvalue weighted by atomic mass is 35.5. The van der Waals surface area contributed by atoms with Crippen LogP contribution in [0.2, 0.25) is 10.3 Å². The number of ether oxygens (including phenoxy) is 1. The van der Waals surface area contributed by atoms with Crippen LogP contribution in [0.1, 0.15) is 24.6 Å². The molecule has 1 aliphatic rings. The maximum atomic E-state index is 12.4. The van der Waals surface area contributed by atoms with Gasteiger partial charge in [0.15, 0.2) is 17.8 Å². The second-order valence-electron chi connectivity index (χ2n) is 7.80. The quantitative estimate of drug-likeness (QED) is 0.236. The fourth-order valence-electron chi connectivity index (χ4n) is 3.63. The standard InChI is InChI=1S/C19H23Cl2N5O7P2/c1-31-35(30,11-34(27,28)29)32-10-13-6-7-16(33-13)26-18-14(9-23-26)17(24-19(21)25-18)22-8-12-4-2-3-5-15(12)20/h2-5,9,13,16H,6-8,10-11H2,1H3,(H,22,24,25)(H2,27,28,29)/t13-,16+,35?/m0/s1. The van der Waals surface area contributed by atoms with Gasteiger partial charge in [-0.05, 0) is 36.1 Å². The molecule has 2 aromatic heterocycles. The van der Waals surface area contributed by atoms with Crippen LogP contribution in [0.15, 0.2) is 30.5 Å². The third kappa shape index (κ3) is 6.60. The molecule has 35 heavy (non-hydrogen) atoms. The summed E-state index contributed by atoms with van der Waals surface area (Å²) in [6.07, 6.45) is 1.68. The molecule has 3 atom stereocenters. The summed E-state index contributed by atoms with van der Waals surface area (Å²) in [5.74, 6) is -0.516. The van der Waals surface area contributed by atoms with Gasteiger partial charge in [0.1, 0.15) is 5.82 Å². The average Bonchev–Trinajstić information content (AvgIpc) is 3.43. The molecule has 0 aliphatic carbocycles. The molecule has 0 spiro atoms. The van der Waals surface area contributed by atoms with Crippen LogP contribution in [0, 0.1) is 0 Å². The van der Waals surface area contributed by atoms with Crippen molar-refractivity contribution in [3.8, 4) is 0 Å². The highest BCUT2D eigenvalue weighted by molar-refractivity contribution is 7.70. The average molecular weight is 566 g/mol. The second-order valence-corrected chi connectivity index (χ2v) is 12.8. The lowest BCUT2D eigenvalue weighted by molar-refractivity contribution is -0.0235. The van der Waals surface area contributed by atoms with Gasteiger partial charge < -0.3 is 28.9 Å². The molecule has 1 unspecified atom stereocenters. The fourth-order valence-corrected chi connectivity index (χ4v) is 7.09. The summed E-state index contributed by atoms with van der Waals surface area (Å²) in [5.41, 5.74) is 1.35. The lowest BCUT2D eigenvalue weighted by Crippen LogP contribution is -2.17. The van der Waals surface area contributed by atoms with E-state index in [2.05, 4.69) is 20.4 Å². The number of anilines is 1. The van der Waals surface area contributed by atoms with Gasteiger partial charge in [-0.1, -0.05) is 29.8 Å². The van der Waals surface area contributed by atoms with Crippen molar-refractivity contribution in [3.05, 3.63) is 46.3 Å². The monoisotopic (exact) mass is 565 g/mol. The third-order valence-corrected chi connectivity index (χ3v) is 9.78. The zero-order valence-electron chi connectivity index (χ0n) is 18.5. The molecule has 12 nitrogen and oxygen atoms in total. The lowest BCUT2D eigenvalue weighted by atomic mass is 10.2. The summed E-state index contributed by atoms with van der Waals surface area (Å²) in [7, 11) is -7.48. The molecule has 16 heteroatoms. The number of nitrogens with one attached hydrogen (secondary N) is 1. The van der Waals surface area contributed by atoms with E-state index in [1.165, 1.54) is 0 Å². The van der Waals surface area contributed by atoms with E-state index < -0.39 is 33.4 Å². The van der Waals surface area contributed by atoms with E-state index in [1.807, 2.05) is 18.2 Å². The van der Waals surface area contributed by atoms with Crippen LogP contribution in [0.3, 0.4) is 0 Å². The molecule has 1 aliphatic heterocycles. The predicted octanol–water partition coefficient (Wildman–Crippen LogP) is 4.41. The number of nitrogens with zero attached hydrogens (tertiary/aromatic N) is 4. The normalized spacial score (nSPS) is 20.3. The van der Waals surface area contributed by atoms with Crippen LogP contribution in [-0.2, 0) is 29.5 Å². The zero-order chi connectivity index (χ0) is 25.2. The van der Waals surface area contributed by atoms with Crippen molar-refractivity contribution in [2.45, 2.75) is 31.7 Å². The highest BCUT2D eigenvalue weighted by Crippen LogP contribution is 2.58. The number of hydrogen-bond donors (Lipinski definition) is 3. The summed E-state index contributed by atoms with van der Waals surface area (Å²) in [6.45, 7) is 0.252. The van der Waals surface area contributed by atoms with Gasteiger partial charge in [-0.15, -0.1) is 0 Å². The number of aromatic nitrogens is 4. The Labute approximate surface area is 210 Å². The second kappa shape index (κ2) is 10.8. The minimum atomic E-state index is -4.59. The molecular formula is C19H23Cl2N5O7P2. The predicted molar refractivity (Wildman–Crippen MR) is 130 cm³/mol. The highest BCUT2D eigenvalue weighted by Gasteiger charge is 2.36. The Bertz CT molecular complexity index is 1300. The van der Waals surface area contributed by atoms with Gasteiger partial charge in [0.25, 0.3) is 0 Å². The van der Waals surface area contributed by atoms with Crippen molar-refractivity contribution in [1.82, 2.24) is 19.7 Å². The first kappa shape index (κ1) is 26.5. The Morgan fingerprint density at radius 1 is 1.23 bits per heavy atom. The summed E-state index contributed by atoms with van der Waals surface area (Å²) < 4.78 is 41.2. The molecular weight excluding hydrogens is 543 g/mol. The minimum Gasteiger partial charge on any atom is -0.365 e. The molecule has 3 aromatic rings. The maximum Gasteiger partial charge on any atom is 0.342 e. The van der Waals surface area contributed by atoms with Crippen molar-refractivity contribution < 1.29 is 32.7 Å². The summed E-state index contributed by atoms with van der Waals surface area (Å²) in [6, 6.07) is 7.43. The van der Waals surface area contributed by atoms with Crippen LogP contribution in [0.5, 0.6) is 0 Å². The largest absolute Gasteiger partial charge is 0.365 e. The smallest absolute Gasteiger partial charge is 0.342 e. The SMILES string of the molecule is COP(=O)(CP(=O)(O)O)OC[C@@H]1CC[C@H](n2ncc3c(NCc4ccccc4Cl)nc(Cl)nc32)O1. The van der Waals surface area contributed by atoms with Crippen molar-refractivity contribution in [2.75, 3.05) is 24.9 Å². The molecule has 1 fully saturated rings. The Morgan fingerprint density at radius 3 is 2.71 bits per heavy atom. The van der Waals surface area contributed by atoms with Gasteiger partial charge in [-0.2, -0.15) is 15.1 Å². The van der Waals surface area contributed by atoms with Crippen molar-refractivity contribution in [2.24, 2.45) is 0 Å². The lowest BCUT2D eigenvalue weighted by Gasteiger charge is -2.19. The third-order valence-electron chi connectivity index (χ3n) is 5.28. The minimum absolute atomic E-state index is 0.0252. The first-order valence-corrected chi connectivity index (χ1v) is 14.7. The Morgan fingerprint density at radius 2 is 2.00 bits per heavy atom. The molecule has 1 aromatic carbocycles. The molecule has 0 radical (unpaired) electrons. The van der Waals surface area contributed by atoms with Gasteiger partial charge in [-0.25, -0.2) is 4.68 Å². The van der Waals surface area contributed by atoms with Gasteiger partial charge >= 0.3 is 15.2 Å². The van der Waals surface area contributed by atoms with E-state index in [-0.39, 0.29) is 11.9 Å². The van der Waals surface area contributed by atoms with E-state index in [1.54, 1.807) is 16.9 Å². The number of hydrogen-bond acceptors (Lipinski definition) is 9. The van der Waals surface area contributed by atoms with Crippen molar-refractivity contribution >= 4 is 55.2 Å². The maximum absolute atomic E-state index is 12.4. The summed E-state index contributed by atoms with van der Waals surface area (Å²) in [4.78, 5) is 26.8. The van der Waals surface area contributed by atoms with Gasteiger partial charge in [0, 0.05) is 18.7 Å². The van der Waals surface area contributed by atoms with Crippen LogP contribution in [0.4, 0.5) is 5.82 Å². The molecule has 4 rings (SSSR count). The van der Waals surface area contributed by atoms with Crippen molar-refractivity contribution in [1.29, 1.82) is 0 Å². The number of rotatable bonds is 10. The van der Waals surface area contributed by atoms with Crippen LogP contribution in [0.25, 0.3) is 11.0 Å².